The summed E-state index contributed by atoms with van der Waals surface area (Å²) in [5.41, 5.74) is -1.89. The maximum atomic E-state index is 12.9. The van der Waals surface area contributed by atoms with Crippen LogP contribution in [0.1, 0.15) is 59.2 Å². The second kappa shape index (κ2) is 17.9. The molecule has 0 aliphatic carbocycles. The van der Waals surface area contributed by atoms with Crippen LogP contribution in [0.3, 0.4) is 0 Å². The smallest absolute Gasteiger partial charge is 0.370 e. The van der Waals surface area contributed by atoms with Gasteiger partial charge in [-0.15, -0.1) is 5.06 Å². The van der Waals surface area contributed by atoms with Gasteiger partial charge in [-0.3, -0.25) is 44.2 Å². The van der Waals surface area contributed by atoms with Crippen LogP contribution in [0.15, 0.2) is 46.2 Å². The second-order valence-electron chi connectivity index (χ2n) is 11.4. The molecule has 2 aromatic carbocycles. The number of nitro groups is 2. The van der Waals surface area contributed by atoms with Crippen molar-refractivity contribution in [1.29, 1.82) is 0 Å². The summed E-state index contributed by atoms with van der Waals surface area (Å²) in [5, 5.41) is 60.0. The van der Waals surface area contributed by atoms with Crippen LogP contribution in [0.2, 0.25) is 0 Å². The van der Waals surface area contributed by atoms with Crippen molar-refractivity contribution in [3.8, 4) is 0 Å². The van der Waals surface area contributed by atoms with Crippen molar-refractivity contribution in [3.63, 3.8) is 0 Å². The summed E-state index contributed by atoms with van der Waals surface area (Å²) in [6, 6.07) is 4.81. The van der Waals surface area contributed by atoms with Crippen LogP contribution in [0.4, 0.5) is 11.4 Å². The molecule has 2 aliphatic heterocycles. The van der Waals surface area contributed by atoms with Gasteiger partial charge in [0.15, 0.2) is 0 Å². The predicted octanol–water partition coefficient (Wildman–Crippen LogP) is 0.511. The lowest BCUT2D eigenvalue weighted by Gasteiger charge is -2.37. The SMILES string of the molecule is O=C(CCCCCNC(=O)c1cc(SSc2ccc([N+](=O)[O-])c(C(=O)ON3C(=O)CCC3=O)c2)ccc1[N+](=O)[O-])N[C@H]1C(=O)N[C@H](CO)[C@@H](O)[C@@H]1O. The first-order valence-corrected chi connectivity index (χ1v) is 17.7. The van der Waals surface area contributed by atoms with Crippen molar-refractivity contribution < 1.29 is 58.8 Å². The number of benzene rings is 2. The van der Waals surface area contributed by atoms with Crippen molar-refractivity contribution in [1.82, 2.24) is 21.0 Å². The van der Waals surface area contributed by atoms with E-state index in [9.17, 15) is 64.3 Å². The number of nitro benzene ring substituents is 2. The summed E-state index contributed by atoms with van der Waals surface area (Å²) in [7, 11) is 2.01. The van der Waals surface area contributed by atoms with Crippen molar-refractivity contribution in [2.75, 3.05) is 13.2 Å². The molecule has 5 amide bonds. The number of imide groups is 1. The van der Waals surface area contributed by atoms with Gasteiger partial charge in [-0.1, -0.05) is 28.0 Å². The fourth-order valence-electron chi connectivity index (χ4n) is 5.07. The fourth-order valence-corrected chi connectivity index (χ4v) is 7.04. The number of piperidine rings is 1. The Labute approximate surface area is 301 Å². The molecule has 2 saturated heterocycles. The molecule has 0 spiro atoms. The number of hydroxylamine groups is 2. The van der Waals surface area contributed by atoms with E-state index in [-0.39, 0.29) is 36.4 Å². The Kier molecular flexibility index (Phi) is 13.6. The van der Waals surface area contributed by atoms with Crippen LogP contribution in [0.25, 0.3) is 0 Å². The highest BCUT2D eigenvalue weighted by Crippen LogP contribution is 2.40. The number of amides is 5. The second-order valence-corrected chi connectivity index (χ2v) is 13.7. The van der Waals surface area contributed by atoms with Crippen molar-refractivity contribution in [2.45, 2.75) is 72.6 Å². The molecule has 0 radical (unpaired) electrons. The maximum absolute atomic E-state index is 12.9. The molecule has 0 unspecified atom stereocenters. The van der Waals surface area contributed by atoms with Crippen LogP contribution < -0.4 is 16.0 Å². The number of rotatable bonds is 16. The minimum Gasteiger partial charge on any atom is -0.394 e. The van der Waals surface area contributed by atoms with Gasteiger partial charge >= 0.3 is 5.97 Å². The van der Waals surface area contributed by atoms with Crippen molar-refractivity contribution in [2.24, 2.45) is 0 Å². The third-order valence-electron chi connectivity index (χ3n) is 7.80. The molecule has 0 saturated carbocycles. The number of nitrogens with zero attached hydrogens (tertiary/aromatic N) is 3. The third kappa shape index (κ3) is 9.79. The van der Waals surface area contributed by atoms with Gasteiger partial charge in [-0.05, 0) is 37.1 Å². The minimum absolute atomic E-state index is 0.0401. The first-order valence-electron chi connectivity index (χ1n) is 15.6. The number of unbranched alkanes of at least 4 members (excludes halogenated alkanes) is 2. The summed E-state index contributed by atoms with van der Waals surface area (Å²) in [6.07, 6.45) is -2.33. The Morgan fingerprint density at radius 3 is 2.04 bits per heavy atom. The molecule has 4 atom stereocenters. The normalized spacial score (nSPS) is 19.9. The topological polar surface area (TPSA) is 298 Å². The van der Waals surface area contributed by atoms with Crippen LogP contribution >= 0.6 is 21.6 Å². The lowest BCUT2D eigenvalue weighted by Crippen LogP contribution is -2.68. The molecule has 2 heterocycles. The molecular formula is C30H32N6O14S2. The van der Waals surface area contributed by atoms with Crippen molar-refractivity contribution in [3.05, 3.63) is 67.8 Å². The van der Waals surface area contributed by atoms with Crippen LogP contribution in [0, 0.1) is 20.2 Å². The number of aliphatic hydroxyl groups is 3. The first-order chi connectivity index (χ1) is 24.7. The van der Waals surface area contributed by atoms with E-state index in [1.54, 1.807) is 0 Å². The van der Waals surface area contributed by atoms with E-state index in [0.29, 0.717) is 29.1 Å². The summed E-state index contributed by atoms with van der Waals surface area (Å²) in [6.45, 7) is -0.500. The zero-order valence-electron chi connectivity index (χ0n) is 26.9. The molecule has 2 fully saturated rings. The number of carbonyl (C=O) groups is 6. The molecular weight excluding hydrogens is 732 g/mol. The molecule has 2 aliphatic rings. The van der Waals surface area contributed by atoms with Crippen LogP contribution in [0.5, 0.6) is 0 Å². The molecule has 52 heavy (non-hydrogen) atoms. The Morgan fingerprint density at radius 2 is 1.46 bits per heavy atom. The average molecular weight is 765 g/mol. The van der Waals surface area contributed by atoms with E-state index in [1.807, 2.05) is 0 Å². The fraction of sp³-hybridized carbons (Fsp3) is 0.400. The van der Waals surface area contributed by atoms with E-state index >= 15 is 0 Å². The van der Waals surface area contributed by atoms with Gasteiger partial charge in [0.25, 0.3) is 29.1 Å². The number of hydrogen-bond acceptors (Lipinski definition) is 16. The summed E-state index contributed by atoms with van der Waals surface area (Å²) in [4.78, 5) is 101. The van der Waals surface area contributed by atoms with E-state index in [0.717, 1.165) is 39.8 Å². The largest absolute Gasteiger partial charge is 0.394 e. The maximum Gasteiger partial charge on any atom is 0.370 e. The summed E-state index contributed by atoms with van der Waals surface area (Å²) >= 11 is 0. The molecule has 22 heteroatoms. The van der Waals surface area contributed by atoms with Gasteiger partial charge in [0.1, 0.15) is 29.4 Å². The van der Waals surface area contributed by atoms with Gasteiger partial charge < -0.3 is 36.1 Å². The highest BCUT2D eigenvalue weighted by atomic mass is 33.1. The molecule has 278 valence electrons. The Morgan fingerprint density at radius 1 is 0.885 bits per heavy atom. The molecule has 0 aromatic heterocycles. The minimum atomic E-state index is -1.61. The van der Waals surface area contributed by atoms with Gasteiger partial charge in [0.2, 0.25) is 11.8 Å². The monoisotopic (exact) mass is 764 g/mol. The molecule has 2 aromatic rings. The van der Waals surface area contributed by atoms with Crippen LogP contribution in [-0.2, 0) is 24.0 Å². The predicted molar refractivity (Wildman–Crippen MR) is 178 cm³/mol. The standard InChI is InChI=1S/C30H32N6O14S2/c37-14-19-26(41)27(42)25(29(44)32-19)33-22(38)4-2-1-3-11-31-28(43)17-12-15(5-7-20(17)35(46)47)51-52-16-6-8-21(36(48)49)18(13-16)30(45)50-34-23(39)9-10-24(34)40/h5-8,12-13,19,25-27,37,41-42H,1-4,9-11,14H2,(H,31,43)(H,32,44)(H,33,38)/t19-,25-,26-,27-/m1/s1. The van der Waals surface area contributed by atoms with Gasteiger partial charge in [0.05, 0.1) is 22.5 Å². The van der Waals surface area contributed by atoms with Crippen LogP contribution in [-0.4, -0.2) is 103 Å². The Balaban J connectivity index is 1.30. The van der Waals surface area contributed by atoms with Gasteiger partial charge in [-0.25, -0.2) is 4.79 Å². The third-order valence-corrected chi connectivity index (χ3v) is 10.2. The number of aliphatic hydroxyl groups excluding tert-OH is 3. The molecule has 20 nitrogen and oxygen atoms in total. The van der Waals surface area contributed by atoms with E-state index in [2.05, 4.69) is 16.0 Å². The van der Waals surface area contributed by atoms with E-state index in [1.165, 1.54) is 18.2 Å². The molecule has 4 rings (SSSR count). The Hall–Kier alpha value is -5.16. The quantitative estimate of drug-likeness (QED) is 0.0446. The summed E-state index contributed by atoms with van der Waals surface area (Å²) < 4.78 is 0. The summed E-state index contributed by atoms with van der Waals surface area (Å²) in [5.74, 6) is -4.90. The lowest BCUT2D eigenvalue weighted by molar-refractivity contribution is -0.385. The van der Waals surface area contributed by atoms with E-state index in [4.69, 9.17) is 4.84 Å². The molecule has 6 N–H and O–H groups in total. The van der Waals surface area contributed by atoms with Gasteiger partial charge in [-0.2, -0.15) is 0 Å². The van der Waals surface area contributed by atoms with E-state index < -0.39 is 93.2 Å². The van der Waals surface area contributed by atoms with Gasteiger partial charge in [0, 0.05) is 47.7 Å². The first kappa shape index (κ1) is 39.6. The number of nitrogens with one attached hydrogen (secondary N) is 3. The molecule has 0 bridgehead atoms. The zero-order chi connectivity index (χ0) is 38.1. The van der Waals surface area contributed by atoms with Crippen molar-refractivity contribution >= 4 is 68.5 Å². The number of hydrogen-bond donors (Lipinski definition) is 6. The lowest BCUT2D eigenvalue weighted by atomic mass is 9.93. The zero-order valence-corrected chi connectivity index (χ0v) is 28.6. The highest BCUT2D eigenvalue weighted by Gasteiger charge is 2.43. The number of carbonyl (C=O) groups excluding carboxylic acids is 6. The average Bonchev–Trinajstić information content (AvgIpc) is 3.43. The highest BCUT2D eigenvalue weighted by molar-refractivity contribution is 8.76. The Bertz CT molecular complexity index is 1760.